The van der Waals surface area contributed by atoms with Gasteiger partial charge in [0.25, 0.3) is 5.88 Å². The standard InChI is InChI=1S/C9H14N2O2.C4H4O4/c1-11-5-2-8(3-6-11)13-9-4-7-12-10-9;5-3(6)1-2-4(7)8/h4,7-8H,2-3,5-6H2,1H3;1-2H,(H,5,6)(H,7,8). The second-order valence-electron chi connectivity index (χ2n) is 4.47. The molecule has 0 spiro atoms. The number of carboxylic acids is 2. The number of aliphatic carboxylic acids is 2. The molecule has 1 aliphatic rings. The summed E-state index contributed by atoms with van der Waals surface area (Å²) in [5, 5.41) is 19.3. The molecule has 0 radical (unpaired) electrons. The van der Waals surface area contributed by atoms with Crippen LogP contribution in [0.15, 0.2) is 29.0 Å². The summed E-state index contributed by atoms with van der Waals surface area (Å²) in [6.45, 7) is 2.20. The molecule has 0 bridgehead atoms. The van der Waals surface area contributed by atoms with Crippen LogP contribution in [0.25, 0.3) is 0 Å². The van der Waals surface area contributed by atoms with Gasteiger partial charge in [-0.25, -0.2) is 9.59 Å². The molecule has 1 fully saturated rings. The number of carboxylic acid groups (broad SMARTS) is 2. The lowest BCUT2D eigenvalue weighted by atomic mass is 10.1. The molecule has 21 heavy (non-hydrogen) atoms. The van der Waals surface area contributed by atoms with Crippen LogP contribution in [0.4, 0.5) is 0 Å². The first-order valence-electron chi connectivity index (χ1n) is 6.37. The van der Waals surface area contributed by atoms with E-state index in [0.29, 0.717) is 24.1 Å². The van der Waals surface area contributed by atoms with Crippen molar-refractivity contribution < 1.29 is 29.1 Å². The predicted molar refractivity (Wildman–Crippen MR) is 72.1 cm³/mol. The van der Waals surface area contributed by atoms with Crippen LogP contribution in [-0.2, 0) is 9.59 Å². The molecular weight excluding hydrogens is 280 g/mol. The van der Waals surface area contributed by atoms with E-state index in [1.807, 2.05) is 0 Å². The fourth-order valence-electron chi connectivity index (χ4n) is 1.68. The van der Waals surface area contributed by atoms with Gasteiger partial charge in [0.2, 0.25) is 0 Å². The van der Waals surface area contributed by atoms with Gasteiger partial charge in [-0.2, -0.15) is 0 Å². The number of likely N-dealkylation sites (tertiary alicyclic amines) is 1. The van der Waals surface area contributed by atoms with E-state index in [4.69, 9.17) is 19.5 Å². The third kappa shape index (κ3) is 7.73. The normalized spacial score (nSPS) is 16.2. The maximum absolute atomic E-state index is 9.55. The Kier molecular flexibility index (Phi) is 6.96. The van der Waals surface area contributed by atoms with E-state index in [-0.39, 0.29) is 0 Å². The third-order valence-electron chi connectivity index (χ3n) is 2.74. The summed E-state index contributed by atoms with van der Waals surface area (Å²) in [5.41, 5.74) is 0. The van der Waals surface area contributed by atoms with Crippen LogP contribution < -0.4 is 4.74 Å². The third-order valence-corrected chi connectivity index (χ3v) is 2.74. The highest BCUT2D eigenvalue weighted by Crippen LogP contribution is 2.15. The van der Waals surface area contributed by atoms with Crippen LogP contribution in [0.2, 0.25) is 0 Å². The fourth-order valence-corrected chi connectivity index (χ4v) is 1.68. The lowest BCUT2D eigenvalue weighted by Gasteiger charge is -2.28. The van der Waals surface area contributed by atoms with Crippen molar-refractivity contribution in [2.24, 2.45) is 0 Å². The zero-order valence-corrected chi connectivity index (χ0v) is 11.6. The topological polar surface area (TPSA) is 113 Å². The van der Waals surface area contributed by atoms with E-state index in [1.54, 1.807) is 6.07 Å². The zero-order valence-electron chi connectivity index (χ0n) is 11.6. The summed E-state index contributed by atoms with van der Waals surface area (Å²) >= 11 is 0. The van der Waals surface area contributed by atoms with E-state index in [2.05, 4.69) is 17.1 Å². The molecule has 1 aromatic heterocycles. The summed E-state index contributed by atoms with van der Waals surface area (Å²) in [6.07, 6.45) is 5.10. The molecule has 116 valence electrons. The van der Waals surface area contributed by atoms with Crippen molar-refractivity contribution in [3.8, 4) is 5.88 Å². The molecule has 1 saturated heterocycles. The molecule has 0 amide bonds. The Balaban J connectivity index is 0.000000240. The van der Waals surface area contributed by atoms with Gasteiger partial charge < -0.3 is 24.4 Å². The second-order valence-corrected chi connectivity index (χ2v) is 4.47. The van der Waals surface area contributed by atoms with Gasteiger partial charge in [-0.3, -0.25) is 0 Å². The number of ether oxygens (including phenoxy) is 1. The molecular formula is C13H18N2O6. The van der Waals surface area contributed by atoms with Gasteiger partial charge in [-0.05, 0) is 25.0 Å². The van der Waals surface area contributed by atoms with Crippen molar-refractivity contribution in [2.75, 3.05) is 20.1 Å². The van der Waals surface area contributed by atoms with Crippen molar-refractivity contribution in [3.63, 3.8) is 0 Å². The quantitative estimate of drug-likeness (QED) is 0.787. The molecule has 8 heteroatoms. The lowest BCUT2D eigenvalue weighted by Crippen LogP contribution is -2.35. The van der Waals surface area contributed by atoms with Crippen LogP contribution in [0.5, 0.6) is 5.88 Å². The van der Waals surface area contributed by atoms with E-state index in [9.17, 15) is 9.59 Å². The van der Waals surface area contributed by atoms with Crippen LogP contribution in [0.1, 0.15) is 12.8 Å². The van der Waals surface area contributed by atoms with Crippen molar-refractivity contribution in [2.45, 2.75) is 18.9 Å². The van der Waals surface area contributed by atoms with Crippen molar-refractivity contribution in [3.05, 3.63) is 24.5 Å². The number of nitrogens with zero attached hydrogens (tertiary/aromatic N) is 2. The lowest BCUT2D eigenvalue weighted by molar-refractivity contribution is -0.134. The summed E-state index contributed by atoms with van der Waals surface area (Å²) in [4.78, 5) is 21.4. The minimum absolute atomic E-state index is 0.307. The molecule has 2 rings (SSSR count). The summed E-state index contributed by atoms with van der Waals surface area (Å²) in [7, 11) is 2.13. The van der Waals surface area contributed by atoms with E-state index >= 15 is 0 Å². The first kappa shape index (κ1) is 16.7. The van der Waals surface area contributed by atoms with E-state index in [0.717, 1.165) is 25.9 Å². The van der Waals surface area contributed by atoms with E-state index < -0.39 is 11.9 Å². The summed E-state index contributed by atoms with van der Waals surface area (Å²) in [6, 6.07) is 1.75. The highest BCUT2D eigenvalue weighted by molar-refractivity contribution is 5.89. The summed E-state index contributed by atoms with van der Waals surface area (Å²) in [5.74, 6) is -1.91. The molecule has 0 saturated carbocycles. The van der Waals surface area contributed by atoms with Gasteiger partial charge in [-0.15, -0.1) is 0 Å². The minimum atomic E-state index is -1.26. The molecule has 1 aromatic rings. The Bertz CT molecular complexity index is 447. The Labute approximate surface area is 121 Å². The van der Waals surface area contributed by atoms with Crippen LogP contribution in [-0.4, -0.2) is 58.4 Å². The maximum atomic E-state index is 9.55. The van der Waals surface area contributed by atoms with Crippen LogP contribution in [0.3, 0.4) is 0 Å². The number of piperidine rings is 1. The highest BCUT2D eigenvalue weighted by Gasteiger charge is 2.18. The van der Waals surface area contributed by atoms with Gasteiger partial charge in [0.1, 0.15) is 12.4 Å². The average Bonchev–Trinajstić information content (AvgIpc) is 2.93. The van der Waals surface area contributed by atoms with Crippen LogP contribution in [0, 0.1) is 0 Å². The number of aromatic nitrogens is 1. The zero-order chi connectivity index (χ0) is 15.7. The molecule has 1 aliphatic heterocycles. The summed E-state index contributed by atoms with van der Waals surface area (Å²) < 4.78 is 10.3. The molecule has 2 N–H and O–H groups in total. The Morgan fingerprint density at radius 2 is 1.90 bits per heavy atom. The molecule has 2 heterocycles. The predicted octanol–water partition coefficient (Wildman–Crippen LogP) is 0.859. The van der Waals surface area contributed by atoms with Crippen molar-refractivity contribution in [1.29, 1.82) is 0 Å². The van der Waals surface area contributed by atoms with Crippen LogP contribution >= 0.6 is 0 Å². The molecule has 8 nitrogen and oxygen atoms in total. The van der Waals surface area contributed by atoms with E-state index in [1.165, 1.54) is 6.26 Å². The van der Waals surface area contributed by atoms with Crippen molar-refractivity contribution in [1.82, 2.24) is 10.1 Å². The smallest absolute Gasteiger partial charge is 0.328 e. The molecule has 0 atom stereocenters. The SMILES string of the molecule is CN1CCC(Oc2ccon2)CC1.O=C(O)C=CC(=O)O. The van der Waals surface area contributed by atoms with Gasteiger partial charge in [0.05, 0.1) is 0 Å². The molecule has 0 aliphatic carbocycles. The first-order valence-corrected chi connectivity index (χ1v) is 6.37. The Hall–Kier alpha value is -2.35. The second kappa shape index (κ2) is 8.75. The highest BCUT2D eigenvalue weighted by atomic mass is 16.5. The van der Waals surface area contributed by atoms with Gasteiger partial charge in [-0.1, -0.05) is 0 Å². The first-order chi connectivity index (χ1) is 9.97. The Morgan fingerprint density at radius 3 is 2.33 bits per heavy atom. The fraction of sp³-hybridized carbons (Fsp3) is 0.462. The minimum Gasteiger partial charge on any atom is -0.478 e. The van der Waals surface area contributed by atoms with Gasteiger partial charge in [0.15, 0.2) is 0 Å². The number of hydrogen-bond donors (Lipinski definition) is 2. The maximum Gasteiger partial charge on any atom is 0.328 e. The Morgan fingerprint density at radius 1 is 1.33 bits per heavy atom. The number of rotatable bonds is 4. The largest absolute Gasteiger partial charge is 0.478 e. The van der Waals surface area contributed by atoms with Crippen molar-refractivity contribution >= 4 is 11.9 Å². The number of carbonyl (C=O) groups is 2. The monoisotopic (exact) mass is 298 g/mol. The number of hydrogen-bond acceptors (Lipinski definition) is 6. The average molecular weight is 298 g/mol. The molecule has 0 aromatic carbocycles. The molecule has 0 unspecified atom stereocenters. The van der Waals surface area contributed by atoms with Gasteiger partial charge >= 0.3 is 11.9 Å². The van der Waals surface area contributed by atoms with Gasteiger partial charge in [0, 0.05) is 31.3 Å².